The summed E-state index contributed by atoms with van der Waals surface area (Å²) < 4.78 is 13.7. The molecule has 6 nitrogen and oxygen atoms in total. The predicted molar refractivity (Wildman–Crippen MR) is 106 cm³/mol. The molecule has 0 bridgehead atoms. The lowest BCUT2D eigenvalue weighted by Gasteiger charge is -2.46. The van der Waals surface area contributed by atoms with Gasteiger partial charge in [-0.1, -0.05) is 6.07 Å². The van der Waals surface area contributed by atoms with Crippen molar-refractivity contribution in [3.05, 3.63) is 65.5 Å². The van der Waals surface area contributed by atoms with Gasteiger partial charge in [0.1, 0.15) is 5.82 Å². The number of halogens is 1. The molecule has 0 saturated carbocycles. The molecule has 2 amide bonds. The zero-order valence-corrected chi connectivity index (χ0v) is 16.1. The van der Waals surface area contributed by atoms with E-state index in [1.54, 1.807) is 46.2 Å². The Morgan fingerprint density at radius 2 is 1.93 bits per heavy atom. The van der Waals surface area contributed by atoms with Gasteiger partial charge in [0, 0.05) is 30.9 Å². The Balaban J connectivity index is 1.55. The maximum atomic E-state index is 13.7. The Bertz CT molecular complexity index is 1000. The molecule has 1 unspecified atom stereocenters. The molecule has 0 radical (unpaired) electrons. The Morgan fingerprint density at radius 1 is 1.17 bits per heavy atom. The first kappa shape index (κ1) is 19.1. The zero-order chi connectivity index (χ0) is 20.6. The van der Waals surface area contributed by atoms with E-state index in [1.165, 1.54) is 12.1 Å². The van der Waals surface area contributed by atoms with Gasteiger partial charge in [-0.2, -0.15) is 5.26 Å². The van der Waals surface area contributed by atoms with E-state index < -0.39 is 0 Å². The molecule has 0 aliphatic carbocycles. The lowest BCUT2D eigenvalue weighted by atomic mass is 9.92. The fourth-order valence-corrected chi connectivity index (χ4v) is 4.18. The largest absolute Gasteiger partial charge is 0.337 e. The summed E-state index contributed by atoms with van der Waals surface area (Å²) in [5, 5.41) is 8.92. The van der Waals surface area contributed by atoms with Crippen LogP contribution in [0.25, 0.3) is 0 Å². The third-order valence-electron chi connectivity index (χ3n) is 5.94. The Labute approximate surface area is 168 Å². The van der Waals surface area contributed by atoms with Gasteiger partial charge >= 0.3 is 0 Å². The summed E-state index contributed by atoms with van der Waals surface area (Å²) in [6.07, 6.45) is 0.727. The van der Waals surface area contributed by atoms with Gasteiger partial charge in [-0.25, -0.2) is 4.39 Å². The minimum absolute atomic E-state index is 0.0828. The Morgan fingerprint density at radius 3 is 2.62 bits per heavy atom. The zero-order valence-electron chi connectivity index (χ0n) is 16.1. The summed E-state index contributed by atoms with van der Waals surface area (Å²) in [6, 6.07) is 14.7. The highest BCUT2D eigenvalue weighted by molar-refractivity contribution is 5.97. The number of hydrogen-bond donors (Lipinski definition) is 0. The lowest BCUT2D eigenvalue weighted by molar-refractivity contribution is -0.123. The van der Waals surface area contributed by atoms with Gasteiger partial charge in [0.15, 0.2) is 0 Å². The van der Waals surface area contributed by atoms with Crippen LogP contribution in [0.5, 0.6) is 0 Å². The molecule has 29 heavy (non-hydrogen) atoms. The number of likely N-dealkylation sites (N-methyl/N-ethyl adjacent to an activating group) is 1. The lowest BCUT2D eigenvalue weighted by Crippen LogP contribution is -2.64. The maximum Gasteiger partial charge on any atom is 0.253 e. The smallest absolute Gasteiger partial charge is 0.253 e. The van der Waals surface area contributed by atoms with E-state index in [2.05, 4.69) is 0 Å². The first-order chi connectivity index (χ1) is 13.9. The number of carbonyl (C=O) groups is 2. The topological polar surface area (TPSA) is 67.7 Å². The van der Waals surface area contributed by atoms with Crippen molar-refractivity contribution in [2.75, 3.05) is 38.1 Å². The molecule has 7 heteroatoms. The molecule has 4 rings (SSSR count). The van der Waals surface area contributed by atoms with E-state index in [0.717, 1.165) is 6.42 Å². The number of amides is 2. The second kappa shape index (κ2) is 7.30. The summed E-state index contributed by atoms with van der Waals surface area (Å²) in [6.45, 7) is 1.69. The molecule has 2 aromatic carbocycles. The van der Waals surface area contributed by atoms with Crippen LogP contribution >= 0.6 is 0 Å². The molecule has 0 N–H and O–H groups in total. The number of anilines is 1. The van der Waals surface area contributed by atoms with E-state index in [-0.39, 0.29) is 29.7 Å². The van der Waals surface area contributed by atoms with Crippen molar-refractivity contribution in [1.82, 2.24) is 9.80 Å². The number of benzene rings is 2. The van der Waals surface area contributed by atoms with Gasteiger partial charge in [-0.05, 0) is 55.9 Å². The third kappa shape index (κ3) is 3.47. The van der Waals surface area contributed by atoms with Gasteiger partial charge < -0.3 is 9.80 Å². The van der Waals surface area contributed by atoms with Crippen molar-refractivity contribution < 1.29 is 14.0 Å². The minimum atomic E-state index is -0.382. The monoisotopic (exact) mass is 392 g/mol. The molecule has 148 valence electrons. The fraction of sp³-hybridized carbons (Fsp3) is 0.318. The number of nitriles is 1. The highest BCUT2D eigenvalue weighted by Gasteiger charge is 2.48. The average molecular weight is 392 g/mol. The molecule has 2 heterocycles. The SMILES string of the molecule is CN1CC(=O)N(c2cccc(F)c2)CC12CCN(C(=O)c1ccc(C#N)cc1)C2. The van der Waals surface area contributed by atoms with Crippen LogP contribution in [0.1, 0.15) is 22.3 Å². The number of likely N-dealkylation sites (tertiary alicyclic amines) is 1. The molecule has 1 atom stereocenters. The molecule has 2 aliphatic heterocycles. The minimum Gasteiger partial charge on any atom is -0.337 e. The second-order valence-electron chi connectivity index (χ2n) is 7.71. The summed E-state index contributed by atoms with van der Waals surface area (Å²) in [5.74, 6) is -0.554. The molecular formula is C22H21FN4O2. The second-order valence-corrected chi connectivity index (χ2v) is 7.71. The molecule has 0 aromatic heterocycles. The third-order valence-corrected chi connectivity index (χ3v) is 5.94. The van der Waals surface area contributed by atoms with E-state index in [9.17, 15) is 14.0 Å². The normalized spacial score (nSPS) is 22.2. The van der Waals surface area contributed by atoms with Crippen LogP contribution in [0, 0.1) is 17.1 Å². The molecule has 2 aromatic rings. The van der Waals surface area contributed by atoms with E-state index in [4.69, 9.17) is 5.26 Å². The van der Waals surface area contributed by atoms with Crippen molar-refractivity contribution in [1.29, 1.82) is 5.26 Å². The van der Waals surface area contributed by atoms with Crippen molar-refractivity contribution in [2.24, 2.45) is 0 Å². The maximum absolute atomic E-state index is 13.7. The number of hydrogen-bond acceptors (Lipinski definition) is 4. The molecule has 1 spiro atoms. The van der Waals surface area contributed by atoms with Gasteiger partial charge in [-0.3, -0.25) is 14.5 Å². The summed E-state index contributed by atoms with van der Waals surface area (Å²) in [4.78, 5) is 31.0. The van der Waals surface area contributed by atoms with Crippen molar-refractivity contribution in [3.63, 3.8) is 0 Å². The summed E-state index contributed by atoms with van der Waals surface area (Å²) in [7, 11) is 1.90. The van der Waals surface area contributed by atoms with Crippen LogP contribution in [0.3, 0.4) is 0 Å². The number of carbonyl (C=O) groups excluding carboxylic acids is 2. The quantitative estimate of drug-likeness (QED) is 0.786. The van der Waals surface area contributed by atoms with Crippen LogP contribution < -0.4 is 4.90 Å². The van der Waals surface area contributed by atoms with E-state index in [0.29, 0.717) is 36.4 Å². The fourth-order valence-electron chi connectivity index (χ4n) is 4.18. The van der Waals surface area contributed by atoms with Crippen molar-refractivity contribution >= 4 is 17.5 Å². The van der Waals surface area contributed by atoms with Crippen LogP contribution in [0.15, 0.2) is 48.5 Å². The molecule has 2 saturated heterocycles. The number of rotatable bonds is 2. The first-order valence-electron chi connectivity index (χ1n) is 9.48. The van der Waals surface area contributed by atoms with Gasteiger partial charge in [-0.15, -0.1) is 0 Å². The van der Waals surface area contributed by atoms with Crippen molar-refractivity contribution in [2.45, 2.75) is 12.0 Å². The van der Waals surface area contributed by atoms with E-state index in [1.807, 2.05) is 18.0 Å². The van der Waals surface area contributed by atoms with Gasteiger partial charge in [0.05, 0.1) is 23.7 Å². The summed E-state index contributed by atoms with van der Waals surface area (Å²) in [5.41, 5.74) is 1.22. The molecule has 2 aliphatic rings. The Kier molecular flexibility index (Phi) is 4.81. The highest BCUT2D eigenvalue weighted by Crippen LogP contribution is 2.34. The average Bonchev–Trinajstić information content (AvgIpc) is 3.16. The van der Waals surface area contributed by atoms with E-state index >= 15 is 0 Å². The molecule has 2 fully saturated rings. The molecular weight excluding hydrogens is 371 g/mol. The van der Waals surface area contributed by atoms with Crippen LogP contribution in [0.2, 0.25) is 0 Å². The van der Waals surface area contributed by atoms with Crippen LogP contribution in [0.4, 0.5) is 10.1 Å². The van der Waals surface area contributed by atoms with Crippen LogP contribution in [-0.2, 0) is 4.79 Å². The number of nitrogens with zero attached hydrogens (tertiary/aromatic N) is 4. The van der Waals surface area contributed by atoms with Gasteiger partial charge in [0.2, 0.25) is 5.91 Å². The predicted octanol–water partition coefficient (Wildman–Crippen LogP) is 2.26. The number of piperazine rings is 1. The van der Waals surface area contributed by atoms with Gasteiger partial charge in [0.25, 0.3) is 5.91 Å². The first-order valence-corrected chi connectivity index (χ1v) is 9.48. The Hall–Kier alpha value is -3.24. The van der Waals surface area contributed by atoms with Crippen molar-refractivity contribution in [3.8, 4) is 6.07 Å². The highest BCUT2D eigenvalue weighted by atomic mass is 19.1. The van der Waals surface area contributed by atoms with Crippen LogP contribution in [-0.4, -0.2) is 60.4 Å². The summed E-state index contributed by atoms with van der Waals surface area (Å²) >= 11 is 0. The standard InChI is InChI=1S/C22H21FN4O2/c1-25-13-20(28)27(19-4-2-3-18(23)11-19)15-22(25)9-10-26(14-22)21(29)17-7-5-16(12-24)6-8-17/h2-8,11H,9-10,13-15H2,1H3.